The zero-order chi connectivity index (χ0) is 13.2. The smallest absolute Gasteiger partial charge is 0.255 e. The highest BCUT2D eigenvalue weighted by Crippen LogP contribution is 2.24. The summed E-state index contributed by atoms with van der Waals surface area (Å²) in [5.41, 5.74) is 1.64. The van der Waals surface area contributed by atoms with Gasteiger partial charge in [0.25, 0.3) is 5.91 Å². The number of nitrogens with zero attached hydrogens (tertiary/aromatic N) is 3. The molecule has 2 aromatic rings. The fraction of sp³-hybridized carbons (Fsp3) is 0.214. The van der Waals surface area contributed by atoms with Gasteiger partial charge in [0.15, 0.2) is 0 Å². The Labute approximate surface area is 111 Å². The molecule has 1 aliphatic rings. The molecule has 1 atom stereocenters. The Morgan fingerprint density at radius 2 is 2.11 bits per heavy atom. The van der Waals surface area contributed by atoms with Gasteiger partial charge in [-0.05, 0) is 19.1 Å². The van der Waals surface area contributed by atoms with Crippen molar-refractivity contribution in [1.82, 2.24) is 9.97 Å². The molecule has 0 saturated heterocycles. The first-order chi connectivity index (χ1) is 9.25. The summed E-state index contributed by atoms with van der Waals surface area (Å²) in [4.78, 5) is 19.4. The van der Waals surface area contributed by atoms with E-state index in [0.29, 0.717) is 6.42 Å². The lowest BCUT2D eigenvalue weighted by atomic mass is 10.0. The van der Waals surface area contributed by atoms with Crippen LogP contribution in [0.5, 0.6) is 0 Å². The predicted octanol–water partition coefficient (Wildman–Crippen LogP) is 1.99. The molecule has 0 bridgehead atoms. The number of rotatable bonds is 3. The van der Waals surface area contributed by atoms with Crippen molar-refractivity contribution in [2.45, 2.75) is 13.3 Å². The molecule has 2 heterocycles. The summed E-state index contributed by atoms with van der Waals surface area (Å²) in [6.07, 6.45) is 4.04. The number of hydrazone groups is 1. The number of nitrogens with one attached hydrogen (secondary N) is 1. The molecule has 1 N–H and O–H groups in total. The molecule has 0 aliphatic carbocycles. The molecule has 1 unspecified atom stereocenters. The molecule has 0 spiro atoms. The fourth-order valence-corrected chi connectivity index (χ4v) is 2.10. The maximum Gasteiger partial charge on any atom is 0.255 e. The number of benzene rings is 1. The monoisotopic (exact) mass is 254 g/mol. The zero-order valence-corrected chi connectivity index (χ0v) is 10.6. The molecule has 1 aliphatic heterocycles. The third-order valence-electron chi connectivity index (χ3n) is 3.21. The Morgan fingerprint density at radius 3 is 2.79 bits per heavy atom. The molecule has 0 fully saturated rings. The number of amides is 1. The SMILES string of the molecule is CC1C(=O)N(c2ccccc2)N=C1Cc1ncc[nH]1. The van der Waals surface area contributed by atoms with E-state index in [1.165, 1.54) is 5.01 Å². The van der Waals surface area contributed by atoms with Crippen LogP contribution in [0, 0.1) is 5.92 Å². The van der Waals surface area contributed by atoms with E-state index in [1.807, 2.05) is 37.3 Å². The van der Waals surface area contributed by atoms with E-state index in [1.54, 1.807) is 12.4 Å². The summed E-state index contributed by atoms with van der Waals surface area (Å²) in [5.74, 6) is 0.631. The number of hydrogen-bond acceptors (Lipinski definition) is 3. The first-order valence-electron chi connectivity index (χ1n) is 6.20. The van der Waals surface area contributed by atoms with Gasteiger partial charge in [-0.3, -0.25) is 4.79 Å². The Kier molecular flexibility index (Phi) is 2.87. The Morgan fingerprint density at radius 1 is 1.32 bits per heavy atom. The third-order valence-corrected chi connectivity index (χ3v) is 3.21. The second kappa shape index (κ2) is 4.68. The third kappa shape index (κ3) is 2.14. The number of aromatic nitrogens is 2. The van der Waals surface area contributed by atoms with Crippen LogP contribution in [0.3, 0.4) is 0 Å². The maximum atomic E-state index is 12.2. The van der Waals surface area contributed by atoms with Gasteiger partial charge in [-0.25, -0.2) is 9.99 Å². The van der Waals surface area contributed by atoms with Gasteiger partial charge in [0.2, 0.25) is 0 Å². The van der Waals surface area contributed by atoms with Crippen LogP contribution in [0.15, 0.2) is 47.8 Å². The van der Waals surface area contributed by atoms with Crippen LogP contribution >= 0.6 is 0 Å². The normalized spacial score (nSPS) is 18.8. The molecule has 1 aromatic carbocycles. The zero-order valence-electron chi connectivity index (χ0n) is 10.6. The van der Waals surface area contributed by atoms with Gasteiger partial charge in [-0.1, -0.05) is 18.2 Å². The van der Waals surface area contributed by atoms with Gasteiger partial charge >= 0.3 is 0 Å². The summed E-state index contributed by atoms with van der Waals surface area (Å²) >= 11 is 0. The van der Waals surface area contributed by atoms with E-state index < -0.39 is 0 Å². The van der Waals surface area contributed by atoms with E-state index in [9.17, 15) is 4.79 Å². The van der Waals surface area contributed by atoms with Gasteiger partial charge < -0.3 is 4.98 Å². The van der Waals surface area contributed by atoms with E-state index in [4.69, 9.17) is 0 Å². The average molecular weight is 254 g/mol. The van der Waals surface area contributed by atoms with Crippen LogP contribution in [-0.4, -0.2) is 21.6 Å². The number of imidazole rings is 1. The van der Waals surface area contributed by atoms with E-state index in [2.05, 4.69) is 15.1 Å². The molecule has 1 amide bonds. The minimum absolute atomic E-state index is 0.00718. The topological polar surface area (TPSA) is 61.4 Å². The molecule has 5 nitrogen and oxygen atoms in total. The van der Waals surface area contributed by atoms with Crippen LogP contribution in [0.25, 0.3) is 0 Å². The van der Waals surface area contributed by atoms with Crippen LogP contribution in [0.4, 0.5) is 5.69 Å². The lowest BCUT2D eigenvalue weighted by Crippen LogP contribution is -2.25. The Bertz CT molecular complexity index is 604. The number of carbonyl (C=O) groups is 1. The fourth-order valence-electron chi connectivity index (χ4n) is 2.10. The van der Waals surface area contributed by atoms with E-state index in [0.717, 1.165) is 17.2 Å². The van der Waals surface area contributed by atoms with Crippen molar-refractivity contribution in [3.05, 3.63) is 48.5 Å². The van der Waals surface area contributed by atoms with Crippen molar-refractivity contribution in [2.75, 3.05) is 5.01 Å². The molecule has 3 rings (SSSR count). The number of para-hydroxylation sites is 1. The average Bonchev–Trinajstić information content (AvgIpc) is 3.04. The molecule has 5 heteroatoms. The predicted molar refractivity (Wildman–Crippen MR) is 72.8 cm³/mol. The summed E-state index contributed by atoms with van der Waals surface area (Å²) in [6, 6.07) is 9.47. The van der Waals surface area contributed by atoms with E-state index >= 15 is 0 Å². The molecule has 0 saturated carbocycles. The first-order valence-corrected chi connectivity index (χ1v) is 6.20. The van der Waals surface area contributed by atoms with Gasteiger partial charge in [0.1, 0.15) is 5.82 Å². The van der Waals surface area contributed by atoms with Crippen molar-refractivity contribution < 1.29 is 4.79 Å². The molecule has 0 radical (unpaired) electrons. The number of H-pyrrole nitrogens is 1. The number of aromatic amines is 1. The van der Waals surface area contributed by atoms with Crippen LogP contribution in [0.2, 0.25) is 0 Å². The quantitative estimate of drug-likeness (QED) is 0.910. The summed E-state index contributed by atoms with van der Waals surface area (Å²) in [6.45, 7) is 1.88. The lowest BCUT2D eigenvalue weighted by Gasteiger charge is -2.11. The molecular weight excluding hydrogens is 240 g/mol. The van der Waals surface area contributed by atoms with Crippen LogP contribution in [0.1, 0.15) is 12.7 Å². The van der Waals surface area contributed by atoms with Crippen molar-refractivity contribution >= 4 is 17.3 Å². The van der Waals surface area contributed by atoms with Crippen molar-refractivity contribution in [2.24, 2.45) is 11.0 Å². The van der Waals surface area contributed by atoms with Crippen LogP contribution in [-0.2, 0) is 11.2 Å². The highest BCUT2D eigenvalue weighted by atomic mass is 16.2. The lowest BCUT2D eigenvalue weighted by molar-refractivity contribution is -0.119. The summed E-state index contributed by atoms with van der Waals surface area (Å²) < 4.78 is 0. The Hall–Kier alpha value is -2.43. The highest BCUT2D eigenvalue weighted by molar-refractivity contribution is 6.15. The molecule has 1 aromatic heterocycles. The Balaban J connectivity index is 1.87. The van der Waals surface area contributed by atoms with Gasteiger partial charge in [0.05, 0.1) is 17.3 Å². The molecule has 96 valence electrons. The number of carbonyl (C=O) groups excluding carboxylic acids is 1. The standard InChI is InChI=1S/C14H14N4O/c1-10-12(9-13-15-7-8-16-13)17-18(14(10)19)11-5-3-2-4-6-11/h2-8,10H,9H2,1H3,(H,15,16). The van der Waals surface area contributed by atoms with Gasteiger partial charge in [-0.2, -0.15) is 5.10 Å². The second-order valence-electron chi connectivity index (χ2n) is 4.51. The van der Waals surface area contributed by atoms with Crippen molar-refractivity contribution in [3.63, 3.8) is 0 Å². The summed E-state index contributed by atoms with van der Waals surface area (Å²) in [5, 5.41) is 5.91. The number of hydrogen-bond donors (Lipinski definition) is 1. The number of anilines is 1. The molecular formula is C14H14N4O. The maximum absolute atomic E-state index is 12.2. The molecule has 19 heavy (non-hydrogen) atoms. The second-order valence-corrected chi connectivity index (χ2v) is 4.51. The van der Waals surface area contributed by atoms with Crippen molar-refractivity contribution in [3.8, 4) is 0 Å². The van der Waals surface area contributed by atoms with Crippen LogP contribution < -0.4 is 5.01 Å². The minimum atomic E-state index is -0.203. The van der Waals surface area contributed by atoms with Gasteiger partial charge in [0, 0.05) is 18.8 Å². The minimum Gasteiger partial charge on any atom is -0.348 e. The summed E-state index contributed by atoms with van der Waals surface area (Å²) in [7, 11) is 0. The first kappa shape index (κ1) is 11.6. The van der Waals surface area contributed by atoms with Gasteiger partial charge in [-0.15, -0.1) is 0 Å². The highest BCUT2D eigenvalue weighted by Gasteiger charge is 2.33. The van der Waals surface area contributed by atoms with E-state index in [-0.39, 0.29) is 11.8 Å². The largest absolute Gasteiger partial charge is 0.348 e. The van der Waals surface area contributed by atoms with Crippen molar-refractivity contribution in [1.29, 1.82) is 0 Å².